The first-order chi connectivity index (χ1) is 12.1. The highest BCUT2D eigenvalue weighted by atomic mass is 16.8. The number of hydrogen-bond acceptors (Lipinski definition) is 7. The van der Waals surface area contributed by atoms with Gasteiger partial charge in [0.05, 0.1) is 0 Å². The van der Waals surface area contributed by atoms with Gasteiger partial charge in [-0.15, -0.1) is 0 Å². The molecule has 2 aliphatic heterocycles. The Morgan fingerprint density at radius 3 is 1.15 bits per heavy atom. The van der Waals surface area contributed by atoms with Crippen LogP contribution in [0, 0.1) is 0 Å². The lowest BCUT2D eigenvalue weighted by Crippen LogP contribution is -2.60. The largest absolute Gasteiger partial charge is 0.518 e. The SMILES string of the molecule is CC1(C)CC(OC(=O)OC(=O)OC2CC(C)(C)NC(C)(C)C2)CC(C)(C)N1. The van der Waals surface area contributed by atoms with Crippen LogP contribution >= 0.6 is 0 Å². The highest BCUT2D eigenvalue weighted by Crippen LogP contribution is 2.32. The van der Waals surface area contributed by atoms with Crippen LogP contribution in [0.1, 0.15) is 81.1 Å². The number of piperidine rings is 2. The summed E-state index contributed by atoms with van der Waals surface area (Å²) in [4.78, 5) is 24.1. The summed E-state index contributed by atoms with van der Waals surface area (Å²) in [6, 6.07) is 0. The van der Waals surface area contributed by atoms with Crippen LogP contribution in [-0.2, 0) is 14.2 Å². The predicted molar refractivity (Wildman–Crippen MR) is 103 cm³/mol. The molecule has 0 amide bonds. The molecular formula is C20H36N2O5. The minimum absolute atomic E-state index is 0.167. The molecule has 0 aromatic heterocycles. The smallest absolute Gasteiger partial charge is 0.430 e. The summed E-state index contributed by atoms with van der Waals surface area (Å²) in [6.07, 6.45) is -0.0123. The van der Waals surface area contributed by atoms with Crippen LogP contribution in [0.15, 0.2) is 0 Å². The van der Waals surface area contributed by atoms with Gasteiger partial charge in [-0.25, -0.2) is 9.59 Å². The molecule has 2 fully saturated rings. The van der Waals surface area contributed by atoms with Crippen LogP contribution in [-0.4, -0.2) is 46.7 Å². The average Bonchev–Trinajstić information content (AvgIpc) is 2.28. The minimum Gasteiger partial charge on any atom is -0.430 e. The van der Waals surface area contributed by atoms with Gasteiger partial charge in [0, 0.05) is 47.8 Å². The molecule has 0 aromatic rings. The Hall–Kier alpha value is -1.34. The first kappa shape index (κ1) is 22.0. The van der Waals surface area contributed by atoms with Gasteiger partial charge in [-0.05, 0) is 55.4 Å². The number of carbonyl (C=O) groups is 2. The number of carbonyl (C=O) groups excluding carboxylic acids is 2. The van der Waals surface area contributed by atoms with Crippen molar-refractivity contribution in [2.24, 2.45) is 0 Å². The summed E-state index contributed by atoms with van der Waals surface area (Å²) in [7, 11) is 0. The van der Waals surface area contributed by atoms with Crippen molar-refractivity contribution in [3.05, 3.63) is 0 Å². The molecule has 0 aliphatic carbocycles. The zero-order valence-electron chi connectivity index (χ0n) is 18.0. The fourth-order valence-electron chi connectivity index (χ4n) is 5.01. The quantitative estimate of drug-likeness (QED) is 0.552. The third-order valence-electron chi connectivity index (χ3n) is 5.00. The van der Waals surface area contributed by atoms with Crippen molar-refractivity contribution < 1.29 is 23.8 Å². The number of rotatable bonds is 2. The molecule has 27 heavy (non-hydrogen) atoms. The van der Waals surface area contributed by atoms with Crippen LogP contribution in [0.5, 0.6) is 0 Å². The topological polar surface area (TPSA) is 85.9 Å². The lowest BCUT2D eigenvalue weighted by Gasteiger charge is -2.45. The molecule has 7 nitrogen and oxygen atoms in total. The van der Waals surface area contributed by atoms with E-state index >= 15 is 0 Å². The average molecular weight is 385 g/mol. The van der Waals surface area contributed by atoms with Crippen molar-refractivity contribution >= 4 is 12.3 Å². The maximum Gasteiger partial charge on any atom is 0.518 e. The summed E-state index contributed by atoms with van der Waals surface area (Å²) in [5.41, 5.74) is -0.669. The van der Waals surface area contributed by atoms with Gasteiger partial charge in [-0.3, -0.25) is 0 Å². The number of nitrogens with one attached hydrogen (secondary N) is 2. The second kappa shape index (κ2) is 7.24. The molecule has 0 atom stereocenters. The van der Waals surface area contributed by atoms with Gasteiger partial charge in [0.1, 0.15) is 12.2 Å². The zero-order valence-corrected chi connectivity index (χ0v) is 18.0. The maximum atomic E-state index is 12.1. The standard InChI is InChI=1S/C20H36N2O5/c1-17(2)9-13(10-18(3,4)21-17)25-15(23)27-16(24)26-14-11-19(5,6)22-20(7,8)12-14/h13-14,21-22H,9-12H2,1-8H3. The second-order valence-electron chi connectivity index (χ2n) is 10.7. The minimum atomic E-state index is -0.994. The molecular weight excluding hydrogens is 348 g/mol. The van der Waals surface area contributed by atoms with E-state index in [0.717, 1.165) is 0 Å². The van der Waals surface area contributed by atoms with Gasteiger partial charge in [-0.2, -0.15) is 0 Å². The van der Waals surface area contributed by atoms with E-state index in [-0.39, 0.29) is 34.4 Å². The Morgan fingerprint density at radius 2 is 0.889 bits per heavy atom. The molecule has 7 heteroatoms. The molecule has 0 spiro atoms. The Kier molecular flexibility index (Phi) is 5.89. The molecule has 2 heterocycles. The maximum absolute atomic E-state index is 12.1. The van der Waals surface area contributed by atoms with Gasteiger partial charge in [0.15, 0.2) is 0 Å². The highest BCUT2D eigenvalue weighted by Gasteiger charge is 2.41. The fraction of sp³-hybridized carbons (Fsp3) is 0.900. The molecule has 0 aromatic carbocycles. The zero-order chi connectivity index (χ0) is 20.7. The first-order valence-corrected chi connectivity index (χ1v) is 9.74. The van der Waals surface area contributed by atoms with Gasteiger partial charge >= 0.3 is 12.3 Å². The van der Waals surface area contributed by atoms with E-state index in [1.165, 1.54) is 0 Å². The molecule has 0 bridgehead atoms. The highest BCUT2D eigenvalue weighted by molar-refractivity contribution is 5.77. The van der Waals surface area contributed by atoms with Crippen LogP contribution in [0.2, 0.25) is 0 Å². The van der Waals surface area contributed by atoms with Gasteiger partial charge < -0.3 is 24.8 Å². The lowest BCUT2D eigenvalue weighted by atomic mass is 9.81. The summed E-state index contributed by atoms with van der Waals surface area (Å²) in [5.74, 6) is 0. The van der Waals surface area contributed by atoms with Crippen LogP contribution in [0.3, 0.4) is 0 Å². The van der Waals surface area contributed by atoms with Gasteiger partial charge in [-0.1, -0.05) is 0 Å². The van der Waals surface area contributed by atoms with Crippen molar-refractivity contribution in [2.45, 2.75) is 115 Å². The molecule has 156 valence electrons. The molecule has 2 rings (SSSR count). The predicted octanol–water partition coefficient (Wildman–Crippen LogP) is 3.89. The summed E-state index contributed by atoms with van der Waals surface area (Å²) in [5, 5.41) is 7.03. The van der Waals surface area contributed by atoms with E-state index in [1.807, 2.05) is 0 Å². The third-order valence-corrected chi connectivity index (χ3v) is 5.00. The normalized spacial score (nSPS) is 26.8. The molecule has 0 saturated carbocycles. The van der Waals surface area contributed by atoms with E-state index < -0.39 is 12.3 Å². The Balaban J connectivity index is 1.86. The third kappa shape index (κ3) is 6.96. The van der Waals surface area contributed by atoms with Crippen molar-refractivity contribution in [3.8, 4) is 0 Å². The number of ether oxygens (including phenoxy) is 3. The van der Waals surface area contributed by atoms with Gasteiger partial charge in [0.2, 0.25) is 0 Å². The van der Waals surface area contributed by atoms with E-state index in [0.29, 0.717) is 25.7 Å². The molecule has 0 unspecified atom stereocenters. The van der Waals surface area contributed by atoms with Crippen molar-refractivity contribution in [2.75, 3.05) is 0 Å². The number of hydrogen-bond donors (Lipinski definition) is 2. The summed E-state index contributed by atoms with van der Waals surface area (Å²) in [6.45, 7) is 16.5. The molecule has 2 aliphatic rings. The van der Waals surface area contributed by atoms with E-state index in [2.05, 4.69) is 66.0 Å². The van der Waals surface area contributed by atoms with Gasteiger partial charge in [0.25, 0.3) is 0 Å². The summed E-state index contributed by atoms with van der Waals surface area (Å²) >= 11 is 0. The lowest BCUT2D eigenvalue weighted by molar-refractivity contribution is -0.0372. The monoisotopic (exact) mass is 384 g/mol. The Morgan fingerprint density at radius 1 is 0.630 bits per heavy atom. The van der Waals surface area contributed by atoms with Crippen molar-refractivity contribution in [1.29, 1.82) is 0 Å². The van der Waals surface area contributed by atoms with E-state index in [4.69, 9.17) is 14.2 Å². The van der Waals surface area contributed by atoms with Crippen molar-refractivity contribution in [1.82, 2.24) is 10.6 Å². The van der Waals surface area contributed by atoms with Crippen LogP contribution in [0.4, 0.5) is 9.59 Å². The molecule has 2 saturated heterocycles. The molecule has 0 radical (unpaired) electrons. The second-order valence-corrected chi connectivity index (χ2v) is 10.7. The van der Waals surface area contributed by atoms with Crippen LogP contribution < -0.4 is 10.6 Å². The fourth-order valence-corrected chi connectivity index (χ4v) is 5.01. The summed E-state index contributed by atoms with van der Waals surface area (Å²) < 4.78 is 15.5. The Labute approximate surface area is 162 Å². The van der Waals surface area contributed by atoms with Crippen LogP contribution in [0.25, 0.3) is 0 Å². The van der Waals surface area contributed by atoms with Crippen molar-refractivity contribution in [3.63, 3.8) is 0 Å². The molecule has 2 N–H and O–H groups in total. The van der Waals surface area contributed by atoms with E-state index in [1.54, 1.807) is 0 Å². The van der Waals surface area contributed by atoms with E-state index in [9.17, 15) is 9.59 Å². The first-order valence-electron chi connectivity index (χ1n) is 9.74. The Bertz CT molecular complexity index is 501.